The lowest BCUT2D eigenvalue weighted by molar-refractivity contribution is 0.0415. The van der Waals surface area contributed by atoms with Crippen LogP contribution in [0.5, 0.6) is 5.75 Å². The zero-order chi connectivity index (χ0) is 16.4. The average molecular weight is 316 g/mol. The number of likely N-dealkylation sites (tertiary alicyclic amines) is 1. The summed E-state index contributed by atoms with van der Waals surface area (Å²) in [6, 6.07) is 3.04. The van der Waals surface area contributed by atoms with Crippen LogP contribution in [0.25, 0.3) is 0 Å². The van der Waals surface area contributed by atoms with Crippen molar-refractivity contribution >= 4 is 5.91 Å². The standard InChI is InChI=1S/C16H20N4O3/c1-19-10-7-18-15(19)14(22)11-4-8-20(9-5-11)16(23)13-12(21)3-2-6-17-13/h2-3,6-7,10-11,14,21-22H,4-5,8-9H2,1H3/t14-/m0/s1. The molecule has 0 bridgehead atoms. The SMILES string of the molecule is Cn1ccnc1[C@@H](O)C1CCN(C(=O)c2ncccc2O)CC1. The number of hydrogen-bond acceptors (Lipinski definition) is 5. The summed E-state index contributed by atoms with van der Waals surface area (Å²) in [4.78, 5) is 22.2. The third-order valence-corrected chi connectivity index (χ3v) is 4.39. The molecule has 7 heteroatoms. The summed E-state index contributed by atoms with van der Waals surface area (Å²) in [5, 5.41) is 20.2. The summed E-state index contributed by atoms with van der Waals surface area (Å²) in [5.41, 5.74) is 0.0793. The van der Waals surface area contributed by atoms with E-state index in [4.69, 9.17) is 0 Å². The topological polar surface area (TPSA) is 91.5 Å². The van der Waals surface area contributed by atoms with Gasteiger partial charge in [-0.3, -0.25) is 4.79 Å². The second-order valence-electron chi connectivity index (χ2n) is 5.84. The molecule has 0 unspecified atom stereocenters. The smallest absolute Gasteiger partial charge is 0.276 e. The van der Waals surface area contributed by atoms with Crippen LogP contribution in [-0.2, 0) is 7.05 Å². The Kier molecular flexibility index (Phi) is 4.29. The predicted molar refractivity (Wildman–Crippen MR) is 82.7 cm³/mol. The molecule has 7 nitrogen and oxygen atoms in total. The third-order valence-electron chi connectivity index (χ3n) is 4.39. The Balaban J connectivity index is 1.64. The molecule has 3 heterocycles. The van der Waals surface area contributed by atoms with Gasteiger partial charge in [0.05, 0.1) is 0 Å². The molecule has 0 aliphatic carbocycles. The van der Waals surface area contributed by atoms with Crippen molar-refractivity contribution in [3.05, 3.63) is 42.2 Å². The van der Waals surface area contributed by atoms with E-state index >= 15 is 0 Å². The maximum Gasteiger partial charge on any atom is 0.276 e. The van der Waals surface area contributed by atoms with Gasteiger partial charge in [-0.2, -0.15) is 0 Å². The van der Waals surface area contributed by atoms with E-state index in [1.807, 2.05) is 11.6 Å². The van der Waals surface area contributed by atoms with E-state index < -0.39 is 6.10 Å². The van der Waals surface area contributed by atoms with Crippen LogP contribution in [0.1, 0.15) is 35.3 Å². The first-order valence-corrected chi connectivity index (χ1v) is 7.66. The summed E-state index contributed by atoms with van der Waals surface area (Å²) in [5.74, 6) is 0.343. The van der Waals surface area contributed by atoms with Crippen molar-refractivity contribution in [3.8, 4) is 5.75 Å². The lowest BCUT2D eigenvalue weighted by Gasteiger charge is -2.33. The van der Waals surface area contributed by atoms with E-state index in [0.717, 1.165) is 0 Å². The number of aryl methyl sites for hydroxylation is 1. The van der Waals surface area contributed by atoms with Crippen LogP contribution in [0.3, 0.4) is 0 Å². The van der Waals surface area contributed by atoms with Crippen LogP contribution in [0.15, 0.2) is 30.7 Å². The van der Waals surface area contributed by atoms with Crippen LogP contribution < -0.4 is 0 Å². The van der Waals surface area contributed by atoms with Gasteiger partial charge in [0.2, 0.25) is 0 Å². The molecule has 2 N–H and O–H groups in total. The summed E-state index contributed by atoms with van der Waals surface area (Å²) in [6.07, 6.45) is 5.71. The highest BCUT2D eigenvalue weighted by molar-refractivity contribution is 5.94. The van der Waals surface area contributed by atoms with Crippen LogP contribution in [0.2, 0.25) is 0 Å². The van der Waals surface area contributed by atoms with Gasteiger partial charge >= 0.3 is 0 Å². The van der Waals surface area contributed by atoms with Gasteiger partial charge in [0.25, 0.3) is 5.91 Å². The van der Waals surface area contributed by atoms with Gasteiger partial charge < -0.3 is 19.7 Å². The second kappa shape index (κ2) is 6.37. The summed E-state index contributed by atoms with van der Waals surface area (Å²) >= 11 is 0. The number of pyridine rings is 1. The largest absolute Gasteiger partial charge is 0.505 e. The van der Waals surface area contributed by atoms with E-state index in [9.17, 15) is 15.0 Å². The molecule has 23 heavy (non-hydrogen) atoms. The zero-order valence-electron chi connectivity index (χ0n) is 13.0. The minimum absolute atomic E-state index is 0.0671. The summed E-state index contributed by atoms with van der Waals surface area (Å²) < 4.78 is 1.81. The Bertz CT molecular complexity index is 692. The predicted octanol–water partition coefficient (Wildman–Crippen LogP) is 1.11. The lowest BCUT2D eigenvalue weighted by Crippen LogP contribution is -2.40. The summed E-state index contributed by atoms with van der Waals surface area (Å²) in [6.45, 7) is 1.06. The van der Waals surface area contributed by atoms with E-state index in [0.29, 0.717) is 31.8 Å². The molecule has 0 spiro atoms. The molecular weight excluding hydrogens is 296 g/mol. The molecular formula is C16H20N4O3. The molecule has 0 radical (unpaired) electrons. The van der Waals surface area contributed by atoms with Gasteiger partial charge in [-0.25, -0.2) is 9.97 Å². The molecule has 2 aromatic heterocycles. The quantitative estimate of drug-likeness (QED) is 0.885. The van der Waals surface area contributed by atoms with Crippen molar-refractivity contribution in [2.45, 2.75) is 18.9 Å². The fourth-order valence-electron chi connectivity index (χ4n) is 3.00. The molecule has 2 aromatic rings. The molecule has 1 saturated heterocycles. The Morgan fingerprint density at radius 1 is 1.30 bits per heavy atom. The molecule has 1 fully saturated rings. The minimum Gasteiger partial charge on any atom is -0.505 e. The number of nitrogens with zero attached hydrogens (tertiary/aromatic N) is 4. The van der Waals surface area contributed by atoms with E-state index in [-0.39, 0.29) is 23.3 Å². The highest BCUT2D eigenvalue weighted by atomic mass is 16.3. The Morgan fingerprint density at radius 2 is 2.04 bits per heavy atom. The van der Waals surface area contributed by atoms with E-state index in [1.165, 1.54) is 12.3 Å². The van der Waals surface area contributed by atoms with Crippen molar-refractivity contribution < 1.29 is 15.0 Å². The van der Waals surface area contributed by atoms with Gasteiger partial charge in [-0.15, -0.1) is 0 Å². The first-order valence-electron chi connectivity index (χ1n) is 7.66. The van der Waals surface area contributed by atoms with Crippen LogP contribution >= 0.6 is 0 Å². The number of piperidine rings is 1. The number of carbonyl (C=O) groups excluding carboxylic acids is 1. The zero-order valence-corrected chi connectivity index (χ0v) is 13.0. The number of imidazole rings is 1. The van der Waals surface area contributed by atoms with Gasteiger partial charge in [-0.1, -0.05) is 0 Å². The maximum absolute atomic E-state index is 12.4. The van der Waals surface area contributed by atoms with E-state index in [2.05, 4.69) is 9.97 Å². The molecule has 0 saturated carbocycles. The number of rotatable bonds is 3. The van der Waals surface area contributed by atoms with Crippen molar-refractivity contribution in [2.75, 3.05) is 13.1 Å². The summed E-state index contributed by atoms with van der Waals surface area (Å²) in [7, 11) is 1.86. The molecule has 122 valence electrons. The number of aromatic nitrogens is 3. The van der Waals surface area contributed by atoms with Crippen molar-refractivity contribution in [1.82, 2.24) is 19.4 Å². The average Bonchev–Trinajstić information content (AvgIpc) is 3.00. The number of carbonyl (C=O) groups is 1. The fraction of sp³-hybridized carbons (Fsp3) is 0.438. The molecule has 0 aromatic carbocycles. The first kappa shape index (κ1) is 15.5. The molecule has 1 aliphatic heterocycles. The highest BCUT2D eigenvalue weighted by Crippen LogP contribution is 2.30. The Morgan fingerprint density at radius 3 is 2.65 bits per heavy atom. The number of aromatic hydroxyl groups is 1. The Labute approximate surface area is 134 Å². The van der Waals surface area contributed by atoms with E-state index in [1.54, 1.807) is 23.4 Å². The molecule has 3 rings (SSSR count). The third kappa shape index (κ3) is 3.05. The van der Waals surface area contributed by atoms with Gasteiger partial charge in [-0.05, 0) is 30.9 Å². The number of amides is 1. The van der Waals surface area contributed by atoms with Crippen molar-refractivity contribution in [3.63, 3.8) is 0 Å². The molecule has 1 amide bonds. The highest BCUT2D eigenvalue weighted by Gasteiger charge is 2.31. The number of hydrogen-bond donors (Lipinski definition) is 2. The van der Waals surface area contributed by atoms with Gasteiger partial charge in [0.1, 0.15) is 17.7 Å². The maximum atomic E-state index is 12.4. The van der Waals surface area contributed by atoms with Crippen molar-refractivity contribution in [2.24, 2.45) is 13.0 Å². The second-order valence-corrected chi connectivity index (χ2v) is 5.84. The first-order chi connectivity index (χ1) is 11.1. The monoisotopic (exact) mass is 316 g/mol. The fourth-order valence-corrected chi connectivity index (χ4v) is 3.00. The lowest BCUT2D eigenvalue weighted by atomic mass is 9.90. The van der Waals surface area contributed by atoms with Crippen LogP contribution in [0.4, 0.5) is 0 Å². The minimum atomic E-state index is -0.629. The van der Waals surface area contributed by atoms with Gasteiger partial charge in [0.15, 0.2) is 5.69 Å². The number of aliphatic hydroxyl groups is 1. The van der Waals surface area contributed by atoms with Crippen molar-refractivity contribution in [1.29, 1.82) is 0 Å². The number of aliphatic hydroxyl groups excluding tert-OH is 1. The van der Waals surface area contributed by atoms with Crippen LogP contribution in [0, 0.1) is 5.92 Å². The molecule has 1 aliphatic rings. The molecule has 1 atom stereocenters. The normalized spacial score (nSPS) is 17.2. The Hall–Kier alpha value is -2.41. The van der Waals surface area contributed by atoms with Crippen LogP contribution in [-0.4, -0.2) is 48.6 Å². The van der Waals surface area contributed by atoms with Gasteiger partial charge in [0, 0.05) is 38.7 Å².